The Morgan fingerprint density at radius 3 is 1.80 bits per heavy atom. The van der Waals surface area contributed by atoms with Gasteiger partial charge in [0, 0.05) is 6.42 Å². The SMILES string of the molecule is CCCCC(O)(CCCC)C[C@@H](O)CC. The van der Waals surface area contributed by atoms with Gasteiger partial charge >= 0.3 is 0 Å². The number of hydrogen-bond acceptors (Lipinski definition) is 2. The zero-order valence-corrected chi connectivity index (χ0v) is 10.6. The van der Waals surface area contributed by atoms with Gasteiger partial charge in [-0.3, -0.25) is 0 Å². The maximum absolute atomic E-state index is 10.4. The summed E-state index contributed by atoms with van der Waals surface area (Å²) in [5, 5.41) is 20.0. The Labute approximate surface area is 94.7 Å². The van der Waals surface area contributed by atoms with Crippen molar-refractivity contribution in [2.24, 2.45) is 0 Å². The zero-order valence-electron chi connectivity index (χ0n) is 10.6. The van der Waals surface area contributed by atoms with Crippen LogP contribution in [0.15, 0.2) is 0 Å². The van der Waals surface area contributed by atoms with Crippen LogP contribution >= 0.6 is 0 Å². The Kier molecular flexibility index (Phi) is 8.07. The fourth-order valence-corrected chi connectivity index (χ4v) is 1.92. The maximum atomic E-state index is 10.4. The Balaban J connectivity index is 4.12. The molecule has 0 aromatic heterocycles. The number of hydrogen-bond donors (Lipinski definition) is 2. The quantitative estimate of drug-likeness (QED) is 0.621. The first-order valence-electron chi connectivity index (χ1n) is 6.48. The van der Waals surface area contributed by atoms with Crippen LogP contribution in [-0.2, 0) is 0 Å². The Morgan fingerprint density at radius 2 is 1.47 bits per heavy atom. The lowest BCUT2D eigenvalue weighted by Gasteiger charge is -2.30. The van der Waals surface area contributed by atoms with Crippen LogP contribution in [0.3, 0.4) is 0 Å². The third-order valence-corrected chi connectivity index (χ3v) is 3.08. The van der Waals surface area contributed by atoms with Gasteiger partial charge in [-0.15, -0.1) is 0 Å². The van der Waals surface area contributed by atoms with Crippen LogP contribution in [-0.4, -0.2) is 21.9 Å². The third kappa shape index (κ3) is 6.91. The van der Waals surface area contributed by atoms with E-state index in [0.29, 0.717) is 6.42 Å². The molecule has 0 aliphatic carbocycles. The highest BCUT2D eigenvalue weighted by atomic mass is 16.3. The van der Waals surface area contributed by atoms with Crippen LogP contribution in [0, 0.1) is 0 Å². The van der Waals surface area contributed by atoms with Crippen molar-refractivity contribution in [2.45, 2.75) is 83.8 Å². The average Bonchev–Trinajstić information content (AvgIpc) is 2.23. The van der Waals surface area contributed by atoms with E-state index in [4.69, 9.17) is 0 Å². The van der Waals surface area contributed by atoms with Crippen molar-refractivity contribution in [2.75, 3.05) is 0 Å². The van der Waals surface area contributed by atoms with Gasteiger partial charge in [0.2, 0.25) is 0 Å². The molecule has 0 saturated heterocycles. The fraction of sp³-hybridized carbons (Fsp3) is 1.00. The molecule has 0 unspecified atom stereocenters. The van der Waals surface area contributed by atoms with Gasteiger partial charge in [0.05, 0.1) is 11.7 Å². The van der Waals surface area contributed by atoms with Crippen molar-refractivity contribution in [1.82, 2.24) is 0 Å². The first-order chi connectivity index (χ1) is 7.08. The van der Waals surface area contributed by atoms with E-state index >= 15 is 0 Å². The van der Waals surface area contributed by atoms with Crippen molar-refractivity contribution in [1.29, 1.82) is 0 Å². The zero-order chi connectivity index (χ0) is 11.7. The van der Waals surface area contributed by atoms with E-state index < -0.39 is 5.60 Å². The van der Waals surface area contributed by atoms with Crippen LogP contribution in [0.5, 0.6) is 0 Å². The summed E-state index contributed by atoms with van der Waals surface area (Å²) >= 11 is 0. The molecule has 2 nitrogen and oxygen atoms in total. The van der Waals surface area contributed by atoms with Crippen molar-refractivity contribution in [3.63, 3.8) is 0 Å². The van der Waals surface area contributed by atoms with Crippen molar-refractivity contribution >= 4 is 0 Å². The van der Waals surface area contributed by atoms with Gasteiger partial charge in [0.1, 0.15) is 0 Å². The van der Waals surface area contributed by atoms with Gasteiger partial charge in [-0.25, -0.2) is 0 Å². The van der Waals surface area contributed by atoms with Crippen LogP contribution in [0.4, 0.5) is 0 Å². The molecule has 0 bridgehead atoms. The van der Waals surface area contributed by atoms with Gasteiger partial charge < -0.3 is 10.2 Å². The van der Waals surface area contributed by atoms with Crippen molar-refractivity contribution < 1.29 is 10.2 Å². The Hall–Kier alpha value is -0.0800. The topological polar surface area (TPSA) is 40.5 Å². The summed E-state index contributed by atoms with van der Waals surface area (Å²) in [6, 6.07) is 0. The average molecular weight is 216 g/mol. The molecule has 0 saturated carbocycles. The van der Waals surface area contributed by atoms with E-state index in [1.54, 1.807) is 0 Å². The minimum absolute atomic E-state index is 0.344. The number of rotatable bonds is 9. The molecule has 0 radical (unpaired) electrons. The normalized spacial score (nSPS) is 14.2. The molecule has 0 aromatic carbocycles. The highest BCUT2D eigenvalue weighted by Crippen LogP contribution is 2.27. The molecular weight excluding hydrogens is 188 g/mol. The minimum Gasteiger partial charge on any atom is -0.393 e. The van der Waals surface area contributed by atoms with Crippen LogP contribution in [0.1, 0.15) is 72.1 Å². The second-order valence-corrected chi connectivity index (χ2v) is 4.70. The first kappa shape index (κ1) is 14.9. The predicted molar refractivity (Wildman–Crippen MR) is 64.9 cm³/mol. The number of unbranched alkanes of at least 4 members (excludes halogenated alkanes) is 2. The van der Waals surface area contributed by atoms with Gasteiger partial charge in [-0.2, -0.15) is 0 Å². The Morgan fingerprint density at radius 1 is 1.00 bits per heavy atom. The van der Waals surface area contributed by atoms with Crippen molar-refractivity contribution in [3.05, 3.63) is 0 Å². The van der Waals surface area contributed by atoms with Gasteiger partial charge in [0.25, 0.3) is 0 Å². The predicted octanol–water partition coefficient (Wildman–Crippen LogP) is 3.26. The molecule has 0 aliphatic rings. The second kappa shape index (κ2) is 8.12. The van der Waals surface area contributed by atoms with Crippen molar-refractivity contribution in [3.8, 4) is 0 Å². The molecule has 0 rings (SSSR count). The summed E-state index contributed by atoms with van der Waals surface area (Å²) in [6.45, 7) is 6.23. The summed E-state index contributed by atoms with van der Waals surface area (Å²) < 4.78 is 0. The molecule has 92 valence electrons. The van der Waals surface area contributed by atoms with Crippen LogP contribution < -0.4 is 0 Å². The molecule has 1 atom stereocenters. The van der Waals surface area contributed by atoms with E-state index in [-0.39, 0.29) is 6.10 Å². The van der Waals surface area contributed by atoms with Gasteiger partial charge in [-0.05, 0) is 19.3 Å². The van der Waals surface area contributed by atoms with E-state index in [1.807, 2.05) is 6.92 Å². The van der Waals surface area contributed by atoms with E-state index in [2.05, 4.69) is 13.8 Å². The lowest BCUT2D eigenvalue weighted by Crippen LogP contribution is -2.33. The lowest BCUT2D eigenvalue weighted by atomic mass is 9.85. The standard InChI is InChI=1S/C13H28O2/c1-4-7-9-13(15,10-8-5-2)11-12(14)6-3/h12,14-15H,4-11H2,1-3H3/t12-/m0/s1. The molecule has 0 spiro atoms. The smallest absolute Gasteiger partial charge is 0.0672 e. The molecule has 0 fully saturated rings. The fourth-order valence-electron chi connectivity index (χ4n) is 1.92. The summed E-state index contributed by atoms with van der Waals surface area (Å²) in [5.41, 5.74) is -0.624. The number of aliphatic hydroxyl groups excluding tert-OH is 1. The summed E-state index contributed by atoms with van der Waals surface area (Å²) in [6.07, 6.45) is 6.93. The molecule has 0 amide bonds. The third-order valence-electron chi connectivity index (χ3n) is 3.08. The van der Waals surface area contributed by atoms with Crippen LogP contribution in [0.2, 0.25) is 0 Å². The lowest BCUT2D eigenvalue weighted by molar-refractivity contribution is -0.0274. The largest absolute Gasteiger partial charge is 0.393 e. The number of aliphatic hydroxyl groups is 2. The van der Waals surface area contributed by atoms with Gasteiger partial charge in [-0.1, -0.05) is 46.5 Å². The summed E-state index contributed by atoms with van der Waals surface area (Å²) in [7, 11) is 0. The molecule has 0 aromatic rings. The highest BCUT2D eigenvalue weighted by molar-refractivity contribution is 4.81. The highest BCUT2D eigenvalue weighted by Gasteiger charge is 2.27. The molecule has 15 heavy (non-hydrogen) atoms. The van der Waals surface area contributed by atoms with E-state index in [9.17, 15) is 10.2 Å². The monoisotopic (exact) mass is 216 g/mol. The summed E-state index contributed by atoms with van der Waals surface area (Å²) in [4.78, 5) is 0. The molecular formula is C13H28O2. The summed E-state index contributed by atoms with van der Waals surface area (Å²) in [5.74, 6) is 0. The van der Waals surface area contributed by atoms with E-state index in [1.165, 1.54) is 0 Å². The molecule has 2 N–H and O–H groups in total. The second-order valence-electron chi connectivity index (χ2n) is 4.70. The maximum Gasteiger partial charge on any atom is 0.0672 e. The molecule has 0 aliphatic heterocycles. The van der Waals surface area contributed by atoms with E-state index in [0.717, 1.165) is 44.9 Å². The van der Waals surface area contributed by atoms with Crippen LogP contribution in [0.25, 0.3) is 0 Å². The first-order valence-corrected chi connectivity index (χ1v) is 6.48. The van der Waals surface area contributed by atoms with Gasteiger partial charge in [0.15, 0.2) is 0 Å². The Bertz CT molecular complexity index is 137. The minimum atomic E-state index is -0.624. The molecule has 0 heterocycles. The molecule has 2 heteroatoms.